The highest BCUT2D eigenvalue weighted by Crippen LogP contribution is 2.27. The predicted octanol–water partition coefficient (Wildman–Crippen LogP) is 6.67. The molecule has 0 amide bonds. The number of hydrogen-bond donors (Lipinski definition) is 1. The van der Waals surface area contributed by atoms with Crippen molar-refractivity contribution in [2.75, 3.05) is 0 Å². The van der Waals surface area contributed by atoms with Crippen LogP contribution >= 0.6 is 0 Å². The van der Waals surface area contributed by atoms with E-state index in [0.717, 1.165) is 16.3 Å². The van der Waals surface area contributed by atoms with E-state index in [1.54, 1.807) is 12.1 Å². The third-order valence-corrected chi connectivity index (χ3v) is 4.20. The van der Waals surface area contributed by atoms with Crippen LogP contribution in [-0.2, 0) is 0 Å². The Hall–Kier alpha value is -3.32. The van der Waals surface area contributed by atoms with Crippen LogP contribution < -0.4 is 0 Å². The van der Waals surface area contributed by atoms with Gasteiger partial charge in [-0.3, -0.25) is 0 Å². The molecule has 0 bridgehead atoms. The van der Waals surface area contributed by atoms with E-state index in [4.69, 9.17) is 0 Å². The van der Waals surface area contributed by atoms with E-state index < -0.39 is 0 Å². The van der Waals surface area contributed by atoms with Crippen LogP contribution in [0.25, 0.3) is 33.7 Å². The van der Waals surface area contributed by atoms with Gasteiger partial charge in [0.2, 0.25) is 0 Å². The van der Waals surface area contributed by atoms with Gasteiger partial charge < -0.3 is 5.11 Å². The van der Waals surface area contributed by atoms with Crippen LogP contribution in [0.3, 0.4) is 0 Å². The molecule has 0 atom stereocenters. The Bertz CT molecular complexity index is 1040. The zero-order chi connectivity index (χ0) is 17.6. The molecule has 4 rings (SSSR count). The summed E-state index contributed by atoms with van der Waals surface area (Å²) >= 11 is 0. The average Bonchev–Trinajstić information content (AvgIpc) is 2.68. The van der Waals surface area contributed by atoms with E-state index in [-0.39, 0.29) is 0 Å². The highest BCUT2D eigenvalue weighted by Gasteiger charge is 2.00. The lowest BCUT2D eigenvalue weighted by Crippen LogP contribution is -1.77. The fourth-order valence-corrected chi connectivity index (χ4v) is 2.92. The molecule has 25 heavy (non-hydrogen) atoms. The summed E-state index contributed by atoms with van der Waals surface area (Å²) in [7, 11) is 0. The number of hydrogen-bond acceptors (Lipinski definition) is 1. The smallest absolute Gasteiger partial charge is 0.123 e. The summed E-state index contributed by atoms with van der Waals surface area (Å²) in [6.45, 7) is 7.51. The topological polar surface area (TPSA) is 20.2 Å². The average molecular weight is 324 g/mol. The van der Waals surface area contributed by atoms with Crippen LogP contribution in [0.5, 0.6) is 5.75 Å². The molecule has 0 spiro atoms. The fraction of sp³-hybridized carbons (Fsp3) is 0. The van der Waals surface area contributed by atoms with E-state index in [1.807, 2.05) is 36.4 Å². The van der Waals surface area contributed by atoms with E-state index in [0.29, 0.717) is 5.75 Å². The van der Waals surface area contributed by atoms with Gasteiger partial charge in [-0.25, -0.2) is 0 Å². The molecule has 0 fully saturated rings. The summed E-state index contributed by atoms with van der Waals surface area (Å²) in [5.74, 6) is 0.321. The molecule has 1 N–H and O–H groups in total. The monoisotopic (exact) mass is 324 g/mol. The minimum atomic E-state index is 0.321. The first kappa shape index (κ1) is 16.5. The molecule has 0 unspecified atom stereocenters. The molecule has 0 saturated carbocycles. The minimum absolute atomic E-state index is 0.321. The quantitative estimate of drug-likeness (QED) is 0.436. The van der Waals surface area contributed by atoms with Gasteiger partial charge in [0.25, 0.3) is 0 Å². The second kappa shape index (κ2) is 7.50. The summed E-state index contributed by atoms with van der Waals surface area (Å²) in [4.78, 5) is 0. The van der Waals surface area contributed by atoms with Gasteiger partial charge in [0.15, 0.2) is 0 Å². The summed E-state index contributed by atoms with van der Waals surface area (Å²) in [5, 5.41) is 14.0. The number of phenolic OH excluding ortho intramolecular Hbond substituents is 1. The molecule has 122 valence electrons. The van der Waals surface area contributed by atoms with Gasteiger partial charge in [-0.2, -0.15) is 0 Å². The number of benzene rings is 4. The molecule has 0 aromatic heterocycles. The van der Waals surface area contributed by atoms with Gasteiger partial charge in [-0.05, 0) is 33.4 Å². The van der Waals surface area contributed by atoms with Gasteiger partial charge in [-0.15, -0.1) is 0 Å². The van der Waals surface area contributed by atoms with Crippen molar-refractivity contribution in [3.63, 3.8) is 0 Å². The van der Waals surface area contributed by atoms with Crippen molar-refractivity contribution in [1.82, 2.24) is 0 Å². The number of fused-ring (bicyclic) bond motifs is 2. The van der Waals surface area contributed by atoms with Crippen molar-refractivity contribution in [2.24, 2.45) is 0 Å². The molecule has 1 nitrogen and oxygen atoms in total. The van der Waals surface area contributed by atoms with E-state index in [2.05, 4.69) is 55.6 Å². The third kappa shape index (κ3) is 3.46. The molecule has 4 aromatic rings. The Morgan fingerprint density at radius 2 is 1.08 bits per heavy atom. The summed E-state index contributed by atoms with van der Waals surface area (Å²) in [6, 6.07) is 25.9. The Morgan fingerprint density at radius 1 is 0.560 bits per heavy atom. The number of aromatic hydroxyl groups is 1. The normalized spacial score (nSPS) is 10.1. The van der Waals surface area contributed by atoms with Crippen molar-refractivity contribution in [3.05, 3.63) is 103 Å². The van der Waals surface area contributed by atoms with Crippen molar-refractivity contribution in [3.8, 4) is 5.75 Å². The number of phenols is 1. The molecule has 0 radical (unpaired) electrons. The van der Waals surface area contributed by atoms with Crippen LogP contribution in [0.1, 0.15) is 11.1 Å². The summed E-state index contributed by atoms with van der Waals surface area (Å²) < 4.78 is 0. The highest BCUT2D eigenvalue weighted by atomic mass is 16.3. The van der Waals surface area contributed by atoms with Gasteiger partial charge in [0.1, 0.15) is 5.75 Å². The Morgan fingerprint density at radius 3 is 1.84 bits per heavy atom. The standard InChI is InChI=1S/C12H10O.C12H10/c1-2-9-5-3-7-11-10(9)6-4-8-12(11)13;1-2-10-7-5-8-11-6-3-4-9-12(10)11/h2-8,13H,1H2;2-9H,1H2. The summed E-state index contributed by atoms with van der Waals surface area (Å²) in [6.07, 6.45) is 3.68. The van der Waals surface area contributed by atoms with Gasteiger partial charge in [0.05, 0.1) is 0 Å². The van der Waals surface area contributed by atoms with Crippen molar-refractivity contribution < 1.29 is 5.11 Å². The van der Waals surface area contributed by atoms with Gasteiger partial charge >= 0.3 is 0 Å². The molecule has 0 heterocycles. The highest BCUT2D eigenvalue weighted by molar-refractivity contribution is 5.94. The van der Waals surface area contributed by atoms with E-state index in [9.17, 15) is 5.11 Å². The van der Waals surface area contributed by atoms with E-state index >= 15 is 0 Å². The van der Waals surface area contributed by atoms with Crippen molar-refractivity contribution in [2.45, 2.75) is 0 Å². The first-order valence-corrected chi connectivity index (χ1v) is 8.18. The van der Waals surface area contributed by atoms with Gasteiger partial charge in [-0.1, -0.05) is 98.1 Å². The van der Waals surface area contributed by atoms with Crippen LogP contribution in [0.15, 0.2) is 92.0 Å². The van der Waals surface area contributed by atoms with Gasteiger partial charge in [0, 0.05) is 5.39 Å². The Kier molecular flexibility index (Phi) is 4.96. The van der Waals surface area contributed by atoms with Crippen LogP contribution in [0.2, 0.25) is 0 Å². The Labute approximate surface area is 148 Å². The Balaban J connectivity index is 0.000000146. The van der Waals surface area contributed by atoms with Crippen molar-refractivity contribution >= 4 is 33.7 Å². The molecular formula is C24H20O. The molecule has 0 aliphatic carbocycles. The van der Waals surface area contributed by atoms with Crippen molar-refractivity contribution in [1.29, 1.82) is 0 Å². The summed E-state index contributed by atoms with van der Waals surface area (Å²) in [5.41, 5.74) is 2.25. The second-order valence-corrected chi connectivity index (χ2v) is 5.70. The molecule has 0 aliphatic rings. The van der Waals surface area contributed by atoms with E-state index in [1.165, 1.54) is 16.3 Å². The first-order chi connectivity index (χ1) is 12.2. The lowest BCUT2D eigenvalue weighted by molar-refractivity contribution is 0.481. The zero-order valence-electron chi connectivity index (χ0n) is 14.0. The minimum Gasteiger partial charge on any atom is -0.507 e. The second-order valence-electron chi connectivity index (χ2n) is 5.70. The van der Waals surface area contributed by atoms with Crippen LogP contribution in [0.4, 0.5) is 0 Å². The maximum absolute atomic E-state index is 9.56. The molecule has 0 aliphatic heterocycles. The third-order valence-electron chi connectivity index (χ3n) is 4.20. The van der Waals surface area contributed by atoms with Crippen LogP contribution in [-0.4, -0.2) is 5.11 Å². The molecule has 1 heteroatoms. The first-order valence-electron chi connectivity index (χ1n) is 8.18. The largest absolute Gasteiger partial charge is 0.507 e. The zero-order valence-corrected chi connectivity index (χ0v) is 14.0. The fourth-order valence-electron chi connectivity index (χ4n) is 2.92. The predicted molar refractivity (Wildman–Crippen MR) is 110 cm³/mol. The number of rotatable bonds is 2. The lowest BCUT2D eigenvalue weighted by atomic mass is 10.0. The lowest BCUT2D eigenvalue weighted by Gasteiger charge is -2.02. The maximum atomic E-state index is 9.56. The molecule has 4 aromatic carbocycles. The molecular weight excluding hydrogens is 304 g/mol. The maximum Gasteiger partial charge on any atom is 0.123 e. The SMILES string of the molecule is C=Cc1cccc2c(O)cccc12.C=Cc1cccc2ccccc12. The van der Waals surface area contributed by atoms with Crippen LogP contribution in [0, 0.1) is 0 Å². The molecule has 0 saturated heterocycles.